The van der Waals surface area contributed by atoms with Gasteiger partial charge in [0.1, 0.15) is 32.7 Å². The molecule has 138 valence electrons. The molecular weight excluding hydrogens is 340 g/mol. The fraction of sp³-hybridized carbons (Fsp3) is 0.478. The number of hydrogen-bond donors (Lipinski definition) is 2. The fourth-order valence-electron chi connectivity index (χ4n) is 5.01. The molecule has 0 radical (unpaired) electrons. The molecule has 1 saturated heterocycles. The molecule has 0 bridgehead atoms. The Hall–Kier alpha value is -1.35. The summed E-state index contributed by atoms with van der Waals surface area (Å²) in [5.74, 6) is 0.793. The van der Waals surface area contributed by atoms with Gasteiger partial charge in [0.15, 0.2) is 0 Å². The highest BCUT2D eigenvalue weighted by atomic mass is 35.5. The lowest BCUT2D eigenvalue weighted by atomic mass is 9.81. The van der Waals surface area contributed by atoms with Crippen LogP contribution in [0.2, 0.25) is 5.02 Å². The third-order valence-electron chi connectivity index (χ3n) is 6.52. The summed E-state index contributed by atoms with van der Waals surface area (Å²) in [6.07, 6.45) is 5.55. The Labute approximate surface area is 162 Å². The van der Waals surface area contributed by atoms with Gasteiger partial charge in [-0.15, -0.1) is 0 Å². The second-order valence-electron chi connectivity index (χ2n) is 8.17. The maximum absolute atomic E-state index is 6.13. The van der Waals surface area contributed by atoms with Crippen molar-refractivity contribution < 1.29 is 9.80 Å². The predicted octanol–water partition coefficient (Wildman–Crippen LogP) is 2.35. The summed E-state index contributed by atoms with van der Waals surface area (Å²) < 4.78 is 0. The van der Waals surface area contributed by atoms with Crippen molar-refractivity contribution in [3.63, 3.8) is 0 Å². The minimum Gasteiger partial charge on any atom is -0.323 e. The summed E-state index contributed by atoms with van der Waals surface area (Å²) in [5, 5.41) is 0.862. The van der Waals surface area contributed by atoms with Crippen molar-refractivity contribution in [2.45, 2.75) is 44.2 Å². The molecule has 1 aliphatic carbocycles. The van der Waals surface area contributed by atoms with Crippen molar-refractivity contribution in [1.82, 2.24) is 0 Å². The van der Waals surface area contributed by atoms with Crippen molar-refractivity contribution in [3.8, 4) is 0 Å². The van der Waals surface area contributed by atoms with E-state index in [1.807, 2.05) is 11.0 Å². The number of rotatable bonds is 4. The molecule has 2 aromatic carbocycles. The largest absolute Gasteiger partial charge is 0.323 e. The summed E-state index contributed by atoms with van der Waals surface area (Å²) in [4.78, 5) is 3.58. The topological polar surface area (TPSA) is 8.88 Å². The smallest absolute Gasteiger partial charge is 0.127 e. The van der Waals surface area contributed by atoms with Crippen LogP contribution in [0.25, 0.3) is 0 Å². The Kier molecular flexibility index (Phi) is 5.94. The number of halogens is 1. The third-order valence-corrected chi connectivity index (χ3v) is 6.75. The highest BCUT2D eigenvalue weighted by molar-refractivity contribution is 6.30. The molecule has 0 amide bonds. The predicted molar refractivity (Wildman–Crippen MR) is 108 cm³/mol. The monoisotopic (exact) mass is 370 g/mol. The Morgan fingerprint density at radius 1 is 0.808 bits per heavy atom. The Morgan fingerprint density at radius 3 is 2.23 bits per heavy atom. The second kappa shape index (κ2) is 8.56. The molecular formula is C23H31ClN2+2. The van der Waals surface area contributed by atoms with Crippen LogP contribution in [0.1, 0.15) is 42.7 Å². The summed E-state index contributed by atoms with van der Waals surface area (Å²) in [7, 11) is 0. The second-order valence-corrected chi connectivity index (χ2v) is 8.61. The van der Waals surface area contributed by atoms with E-state index in [0.29, 0.717) is 0 Å². The number of benzene rings is 2. The van der Waals surface area contributed by atoms with Crippen LogP contribution in [0.4, 0.5) is 0 Å². The van der Waals surface area contributed by atoms with E-state index in [9.17, 15) is 0 Å². The third kappa shape index (κ3) is 4.49. The Morgan fingerprint density at radius 2 is 1.54 bits per heavy atom. The zero-order chi connectivity index (χ0) is 17.8. The molecule has 2 fully saturated rings. The summed E-state index contributed by atoms with van der Waals surface area (Å²) >= 11 is 6.13. The van der Waals surface area contributed by atoms with Crippen LogP contribution in [-0.2, 0) is 6.54 Å². The molecule has 1 aliphatic heterocycles. The number of nitrogens with one attached hydrogen (secondary N) is 2. The zero-order valence-corrected chi connectivity index (χ0v) is 16.3. The van der Waals surface area contributed by atoms with E-state index in [2.05, 4.69) is 48.5 Å². The summed E-state index contributed by atoms with van der Waals surface area (Å²) in [6.45, 7) is 6.36. The van der Waals surface area contributed by atoms with Gasteiger partial charge in [0.05, 0.1) is 6.04 Å². The van der Waals surface area contributed by atoms with E-state index < -0.39 is 0 Å². The zero-order valence-electron chi connectivity index (χ0n) is 15.6. The van der Waals surface area contributed by atoms with E-state index in [-0.39, 0.29) is 0 Å². The van der Waals surface area contributed by atoms with Crippen LogP contribution in [0, 0.1) is 0 Å². The average Bonchev–Trinajstić information content (AvgIpc) is 2.70. The van der Waals surface area contributed by atoms with E-state index in [1.54, 1.807) is 10.5 Å². The normalized spacial score (nSPS) is 29.4. The van der Waals surface area contributed by atoms with Crippen LogP contribution in [0.5, 0.6) is 0 Å². The molecule has 26 heavy (non-hydrogen) atoms. The van der Waals surface area contributed by atoms with Crippen LogP contribution in [-0.4, -0.2) is 32.2 Å². The first-order valence-electron chi connectivity index (χ1n) is 10.3. The van der Waals surface area contributed by atoms with Gasteiger partial charge in [-0.1, -0.05) is 54.1 Å². The number of quaternary nitrogens is 2. The minimum atomic E-state index is 0.793. The lowest BCUT2D eigenvalue weighted by Gasteiger charge is -2.38. The van der Waals surface area contributed by atoms with E-state index >= 15 is 0 Å². The van der Waals surface area contributed by atoms with Gasteiger partial charge in [0, 0.05) is 10.6 Å². The first-order chi connectivity index (χ1) is 12.8. The molecule has 1 heterocycles. The summed E-state index contributed by atoms with van der Waals surface area (Å²) in [6, 6.07) is 20.4. The number of hydrogen-bond acceptors (Lipinski definition) is 0. The van der Waals surface area contributed by atoms with Gasteiger partial charge in [-0.3, -0.25) is 0 Å². The standard InChI is InChI=1S/C23H29ClN2/c24-22-8-4-5-19(17-22)18-25-13-15-26(16-14-25)23-11-9-21(10-12-23)20-6-2-1-3-7-20/h1-8,17,21,23H,9-16,18H2/p+2. The molecule has 0 spiro atoms. The van der Waals surface area contributed by atoms with Crippen LogP contribution in [0.3, 0.4) is 0 Å². The fourth-order valence-corrected chi connectivity index (χ4v) is 5.22. The lowest BCUT2D eigenvalue weighted by molar-refractivity contribution is -1.03. The minimum absolute atomic E-state index is 0.793. The first kappa shape index (κ1) is 18.0. The van der Waals surface area contributed by atoms with Gasteiger partial charge in [0.25, 0.3) is 0 Å². The molecule has 0 unspecified atom stereocenters. The molecule has 2 aromatic rings. The van der Waals surface area contributed by atoms with Gasteiger partial charge < -0.3 is 9.80 Å². The molecule has 2 aliphatic rings. The van der Waals surface area contributed by atoms with Crippen molar-refractivity contribution in [3.05, 3.63) is 70.7 Å². The molecule has 2 nitrogen and oxygen atoms in total. The Balaban J connectivity index is 1.24. The van der Waals surface area contributed by atoms with Gasteiger partial charge in [-0.25, -0.2) is 0 Å². The van der Waals surface area contributed by atoms with E-state index in [1.165, 1.54) is 57.4 Å². The lowest BCUT2D eigenvalue weighted by Crippen LogP contribution is -3.29. The quantitative estimate of drug-likeness (QED) is 0.817. The summed E-state index contributed by atoms with van der Waals surface area (Å²) in [5.41, 5.74) is 2.93. The molecule has 0 aromatic heterocycles. The maximum atomic E-state index is 6.13. The van der Waals surface area contributed by atoms with Crippen LogP contribution in [0.15, 0.2) is 54.6 Å². The van der Waals surface area contributed by atoms with Crippen LogP contribution < -0.4 is 9.80 Å². The Bertz CT molecular complexity index is 686. The molecule has 4 rings (SSSR count). The van der Waals surface area contributed by atoms with Crippen molar-refractivity contribution in [2.75, 3.05) is 26.2 Å². The van der Waals surface area contributed by atoms with E-state index in [4.69, 9.17) is 11.6 Å². The molecule has 3 heteroatoms. The SMILES string of the molecule is Clc1cccc(C[NH+]2CC[NH+](C3CCC(c4ccccc4)CC3)CC2)c1. The maximum Gasteiger partial charge on any atom is 0.127 e. The first-order valence-corrected chi connectivity index (χ1v) is 10.6. The van der Waals surface area contributed by atoms with Crippen molar-refractivity contribution >= 4 is 11.6 Å². The highest BCUT2D eigenvalue weighted by Gasteiger charge is 2.33. The number of piperazine rings is 1. The van der Waals surface area contributed by atoms with Crippen molar-refractivity contribution in [2.24, 2.45) is 0 Å². The van der Waals surface area contributed by atoms with E-state index in [0.717, 1.165) is 23.5 Å². The van der Waals surface area contributed by atoms with Crippen molar-refractivity contribution in [1.29, 1.82) is 0 Å². The van der Waals surface area contributed by atoms with Gasteiger partial charge in [-0.05, 0) is 49.3 Å². The molecule has 0 atom stereocenters. The molecule has 2 N–H and O–H groups in total. The van der Waals surface area contributed by atoms with Crippen LogP contribution >= 0.6 is 11.6 Å². The highest BCUT2D eigenvalue weighted by Crippen LogP contribution is 2.31. The van der Waals surface area contributed by atoms with Gasteiger partial charge >= 0.3 is 0 Å². The van der Waals surface area contributed by atoms with Gasteiger partial charge in [0.2, 0.25) is 0 Å². The molecule has 1 saturated carbocycles. The average molecular weight is 371 g/mol. The van der Waals surface area contributed by atoms with Gasteiger partial charge in [-0.2, -0.15) is 0 Å².